The molecule has 0 aromatic rings. The molecule has 2 saturated carbocycles. The summed E-state index contributed by atoms with van der Waals surface area (Å²) in [5.41, 5.74) is 0.223. The molecule has 1 spiro atoms. The van der Waals surface area contributed by atoms with Crippen molar-refractivity contribution in [3.05, 3.63) is 0 Å². The van der Waals surface area contributed by atoms with E-state index in [1.165, 1.54) is 6.26 Å². The molecule has 2 aliphatic carbocycles. The molecule has 1 saturated heterocycles. The molecule has 3 aliphatic rings. The lowest BCUT2D eigenvalue weighted by Crippen LogP contribution is -2.45. The summed E-state index contributed by atoms with van der Waals surface area (Å²) in [6, 6.07) is 0.0907. The van der Waals surface area contributed by atoms with Gasteiger partial charge in [0.05, 0.1) is 5.75 Å². The third-order valence-electron chi connectivity index (χ3n) is 5.30. The minimum Gasteiger partial charge on any atom is -0.336 e. The van der Waals surface area contributed by atoms with Crippen molar-refractivity contribution in [2.24, 2.45) is 11.3 Å². The second-order valence-corrected chi connectivity index (χ2v) is 9.47. The van der Waals surface area contributed by atoms with E-state index in [1.54, 1.807) is 0 Å². The number of sulfone groups is 1. The van der Waals surface area contributed by atoms with Crippen LogP contribution in [0.4, 0.5) is 0 Å². The number of nitrogens with one attached hydrogen (secondary N) is 1. The van der Waals surface area contributed by atoms with Crippen LogP contribution in [0.5, 0.6) is 0 Å². The third kappa shape index (κ3) is 3.77. The Labute approximate surface area is 139 Å². The molecule has 2 atom stereocenters. The second-order valence-electron chi connectivity index (χ2n) is 7.29. The van der Waals surface area contributed by atoms with Gasteiger partial charge in [0.15, 0.2) is 0 Å². The molecule has 1 N–H and O–H groups in total. The molecule has 0 aromatic heterocycles. The molecule has 3 fully saturated rings. The summed E-state index contributed by atoms with van der Waals surface area (Å²) < 4.78 is 23.1. The SMILES string of the molecule is CC(CS(C)(=O)=O)N(C(=O)C1CC12CCNCC2)C1CC1.Cl. The number of carbonyl (C=O) groups excluding carboxylic acids is 1. The minimum atomic E-state index is -3.05. The fourth-order valence-electron chi connectivity index (χ4n) is 3.98. The zero-order valence-electron chi connectivity index (χ0n) is 13.4. The highest BCUT2D eigenvalue weighted by Gasteiger charge is 2.59. The highest BCUT2D eigenvalue weighted by atomic mass is 35.5. The van der Waals surface area contributed by atoms with Gasteiger partial charge in [-0.1, -0.05) is 0 Å². The Balaban J connectivity index is 0.00000176. The van der Waals surface area contributed by atoms with E-state index in [4.69, 9.17) is 0 Å². The van der Waals surface area contributed by atoms with Gasteiger partial charge in [0.2, 0.25) is 5.91 Å². The van der Waals surface area contributed by atoms with E-state index in [0.717, 1.165) is 45.2 Å². The van der Waals surface area contributed by atoms with E-state index < -0.39 is 9.84 Å². The number of rotatable bonds is 5. The van der Waals surface area contributed by atoms with Gasteiger partial charge >= 0.3 is 0 Å². The van der Waals surface area contributed by atoms with Crippen LogP contribution in [0.1, 0.15) is 39.0 Å². The topological polar surface area (TPSA) is 66.5 Å². The van der Waals surface area contributed by atoms with Crippen molar-refractivity contribution in [3.8, 4) is 0 Å². The molecule has 3 rings (SSSR count). The molecule has 0 bridgehead atoms. The summed E-state index contributed by atoms with van der Waals surface area (Å²) in [5.74, 6) is 0.439. The average molecular weight is 351 g/mol. The first kappa shape index (κ1) is 18.0. The molecule has 2 unspecified atom stereocenters. The van der Waals surface area contributed by atoms with Crippen LogP contribution < -0.4 is 5.32 Å². The maximum atomic E-state index is 12.9. The highest BCUT2D eigenvalue weighted by molar-refractivity contribution is 7.90. The van der Waals surface area contributed by atoms with Crippen molar-refractivity contribution in [1.29, 1.82) is 0 Å². The first-order chi connectivity index (χ1) is 9.82. The van der Waals surface area contributed by atoms with Gasteiger partial charge in [-0.15, -0.1) is 12.4 Å². The van der Waals surface area contributed by atoms with Gasteiger partial charge in [0.1, 0.15) is 9.84 Å². The molecule has 1 aliphatic heterocycles. The Morgan fingerprint density at radius 1 is 1.32 bits per heavy atom. The van der Waals surface area contributed by atoms with Crippen molar-refractivity contribution in [3.63, 3.8) is 0 Å². The molecule has 5 nitrogen and oxygen atoms in total. The lowest BCUT2D eigenvalue weighted by atomic mass is 9.91. The zero-order chi connectivity index (χ0) is 15.3. The lowest BCUT2D eigenvalue weighted by molar-refractivity contribution is -0.135. The quantitative estimate of drug-likeness (QED) is 0.809. The molecule has 0 radical (unpaired) electrons. The highest BCUT2D eigenvalue weighted by Crippen LogP contribution is 2.59. The fraction of sp³-hybridized carbons (Fsp3) is 0.933. The average Bonchev–Trinajstić information content (AvgIpc) is 3.26. The number of hydrogen-bond donors (Lipinski definition) is 1. The van der Waals surface area contributed by atoms with Crippen LogP contribution in [-0.2, 0) is 14.6 Å². The molecule has 22 heavy (non-hydrogen) atoms. The number of amides is 1. The van der Waals surface area contributed by atoms with Crippen LogP contribution in [-0.4, -0.2) is 56.4 Å². The number of hydrogen-bond acceptors (Lipinski definition) is 4. The lowest BCUT2D eigenvalue weighted by Gasteiger charge is -2.31. The van der Waals surface area contributed by atoms with Crippen LogP contribution >= 0.6 is 12.4 Å². The molecular weight excluding hydrogens is 324 g/mol. The Morgan fingerprint density at radius 2 is 1.91 bits per heavy atom. The summed E-state index contributed by atoms with van der Waals surface area (Å²) in [4.78, 5) is 14.8. The van der Waals surface area contributed by atoms with Crippen LogP contribution in [0.15, 0.2) is 0 Å². The Morgan fingerprint density at radius 3 is 2.41 bits per heavy atom. The third-order valence-corrected chi connectivity index (χ3v) is 6.39. The van der Waals surface area contributed by atoms with E-state index in [0.29, 0.717) is 0 Å². The van der Waals surface area contributed by atoms with Crippen molar-refractivity contribution in [2.45, 2.75) is 51.1 Å². The van der Waals surface area contributed by atoms with Crippen LogP contribution in [0.2, 0.25) is 0 Å². The first-order valence-corrected chi connectivity index (χ1v) is 10.1. The number of nitrogens with zero attached hydrogens (tertiary/aromatic N) is 1. The monoisotopic (exact) mass is 350 g/mol. The second kappa shape index (κ2) is 6.29. The number of carbonyl (C=O) groups is 1. The summed E-state index contributed by atoms with van der Waals surface area (Å²) in [6.07, 6.45) is 6.49. The molecule has 0 aromatic carbocycles. The maximum Gasteiger partial charge on any atom is 0.226 e. The Bertz CT molecular complexity index is 527. The van der Waals surface area contributed by atoms with Crippen molar-refractivity contribution < 1.29 is 13.2 Å². The van der Waals surface area contributed by atoms with E-state index >= 15 is 0 Å². The standard InChI is InChI=1S/C15H26N2O3S.ClH/c1-11(10-21(2,19)20)17(12-3-4-12)14(18)13-9-15(13)5-7-16-8-6-15;/h11-13,16H,3-10H2,1-2H3;1H. The van der Waals surface area contributed by atoms with E-state index in [1.807, 2.05) is 11.8 Å². The Kier molecular flexibility index (Phi) is 5.15. The smallest absolute Gasteiger partial charge is 0.226 e. The summed E-state index contributed by atoms with van der Waals surface area (Å²) in [6.45, 7) is 3.90. The van der Waals surface area contributed by atoms with Crippen LogP contribution in [0.3, 0.4) is 0 Å². The van der Waals surface area contributed by atoms with Crippen LogP contribution in [0, 0.1) is 11.3 Å². The van der Waals surface area contributed by atoms with Gasteiger partial charge in [-0.2, -0.15) is 0 Å². The van der Waals surface area contributed by atoms with Gasteiger partial charge in [-0.25, -0.2) is 8.42 Å². The molecular formula is C15H27ClN2O3S. The van der Waals surface area contributed by atoms with Gasteiger partial charge in [0, 0.05) is 24.3 Å². The van der Waals surface area contributed by atoms with Gasteiger partial charge in [-0.3, -0.25) is 4.79 Å². The van der Waals surface area contributed by atoms with E-state index in [9.17, 15) is 13.2 Å². The maximum absolute atomic E-state index is 12.9. The predicted octanol–water partition coefficient (Wildman–Crippen LogP) is 1.22. The summed E-state index contributed by atoms with van der Waals surface area (Å²) in [7, 11) is -3.05. The first-order valence-electron chi connectivity index (χ1n) is 8.03. The van der Waals surface area contributed by atoms with Crippen molar-refractivity contribution in [2.75, 3.05) is 25.1 Å². The Hall–Kier alpha value is -0.330. The molecule has 128 valence electrons. The van der Waals surface area contributed by atoms with Gasteiger partial charge in [-0.05, 0) is 57.5 Å². The van der Waals surface area contributed by atoms with E-state index in [-0.39, 0.29) is 47.5 Å². The number of piperidine rings is 1. The largest absolute Gasteiger partial charge is 0.336 e. The van der Waals surface area contributed by atoms with Crippen molar-refractivity contribution >= 4 is 28.2 Å². The predicted molar refractivity (Wildman–Crippen MR) is 88.9 cm³/mol. The molecule has 1 heterocycles. The normalized spacial score (nSPS) is 27.8. The van der Waals surface area contributed by atoms with Gasteiger partial charge in [0.25, 0.3) is 0 Å². The summed E-state index contributed by atoms with van der Waals surface area (Å²) >= 11 is 0. The summed E-state index contributed by atoms with van der Waals surface area (Å²) in [5, 5.41) is 3.35. The molecule has 1 amide bonds. The van der Waals surface area contributed by atoms with Crippen LogP contribution in [0.25, 0.3) is 0 Å². The zero-order valence-corrected chi connectivity index (χ0v) is 15.0. The van der Waals surface area contributed by atoms with E-state index in [2.05, 4.69) is 5.32 Å². The molecule has 7 heteroatoms. The van der Waals surface area contributed by atoms with Crippen molar-refractivity contribution in [1.82, 2.24) is 10.2 Å². The van der Waals surface area contributed by atoms with Gasteiger partial charge < -0.3 is 10.2 Å². The number of halogens is 1. The minimum absolute atomic E-state index is 0. The fourth-order valence-corrected chi connectivity index (χ4v) is 5.02.